The molecule has 3 rings (SSSR count). The van der Waals surface area contributed by atoms with Crippen LogP contribution in [0.3, 0.4) is 0 Å². The fourth-order valence-corrected chi connectivity index (χ4v) is 2.12. The lowest BCUT2D eigenvalue weighted by Crippen LogP contribution is -3.10. The Balaban J connectivity index is 2.13. The van der Waals surface area contributed by atoms with Crippen molar-refractivity contribution >= 4 is 17.5 Å². The Morgan fingerprint density at radius 1 is 0.647 bits per heavy atom. The van der Waals surface area contributed by atoms with Crippen LogP contribution in [-0.4, -0.2) is 11.8 Å². The highest BCUT2D eigenvalue weighted by atomic mass is 16.2. The SMILES string of the molecule is O=C1c2ccccc2C(=O)[NH+]1c1ccccc1. The summed E-state index contributed by atoms with van der Waals surface area (Å²) < 4.78 is 0. The van der Waals surface area contributed by atoms with Crippen LogP contribution < -0.4 is 4.90 Å². The molecule has 82 valence electrons. The van der Waals surface area contributed by atoms with Crippen molar-refractivity contribution in [1.29, 1.82) is 0 Å². The van der Waals surface area contributed by atoms with Gasteiger partial charge in [0.1, 0.15) is 5.69 Å². The second kappa shape index (κ2) is 3.64. The van der Waals surface area contributed by atoms with Crippen LogP contribution in [0.4, 0.5) is 5.69 Å². The average Bonchev–Trinajstić information content (AvgIpc) is 2.64. The normalized spacial score (nSPS) is 15.1. The number of amides is 2. The fourth-order valence-electron chi connectivity index (χ4n) is 2.12. The van der Waals surface area contributed by atoms with Crippen molar-refractivity contribution in [1.82, 2.24) is 0 Å². The van der Waals surface area contributed by atoms with Gasteiger partial charge in [0, 0.05) is 12.1 Å². The largest absolute Gasteiger partial charge is 0.357 e. The lowest BCUT2D eigenvalue weighted by atomic mass is 10.1. The quantitative estimate of drug-likeness (QED) is 0.739. The lowest BCUT2D eigenvalue weighted by molar-refractivity contribution is -0.640. The van der Waals surface area contributed by atoms with E-state index in [0.717, 1.165) is 0 Å². The number of hydrogen-bond donors (Lipinski definition) is 1. The minimum Gasteiger partial charge on any atom is -0.225 e. The van der Waals surface area contributed by atoms with Gasteiger partial charge in [0.25, 0.3) is 0 Å². The molecule has 0 spiro atoms. The second-order valence-electron chi connectivity index (χ2n) is 3.94. The molecule has 2 aromatic carbocycles. The van der Waals surface area contributed by atoms with Gasteiger partial charge < -0.3 is 0 Å². The molecule has 2 aromatic rings. The first kappa shape index (κ1) is 9.93. The summed E-state index contributed by atoms with van der Waals surface area (Å²) in [4.78, 5) is 24.6. The van der Waals surface area contributed by atoms with Gasteiger partial charge in [0.05, 0.1) is 11.1 Å². The third kappa shape index (κ3) is 1.40. The van der Waals surface area contributed by atoms with Crippen LogP contribution in [0, 0.1) is 0 Å². The van der Waals surface area contributed by atoms with Gasteiger partial charge in [0.2, 0.25) is 0 Å². The van der Waals surface area contributed by atoms with E-state index in [0.29, 0.717) is 16.8 Å². The van der Waals surface area contributed by atoms with Gasteiger partial charge in [-0.05, 0) is 12.1 Å². The molecule has 0 radical (unpaired) electrons. The molecule has 1 heterocycles. The average molecular weight is 224 g/mol. The van der Waals surface area contributed by atoms with Gasteiger partial charge in [-0.3, -0.25) is 0 Å². The Morgan fingerprint density at radius 3 is 1.65 bits per heavy atom. The topological polar surface area (TPSA) is 38.6 Å². The number of nitrogens with one attached hydrogen (secondary N) is 1. The number of hydrogen-bond acceptors (Lipinski definition) is 2. The van der Waals surface area contributed by atoms with Gasteiger partial charge in [-0.25, -0.2) is 9.59 Å². The van der Waals surface area contributed by atoms with E-state index in [1.54, 1.807) is 36.4 Å². The van der Waals surface area contributed by atoms with Crippen molar-refractivity contribution < 1.29 is 14.5 Å². The molecule has 1 aliphatic rings. The summed E-state index contributed by atoms with van der Waals surface area (Å²) >= 11 is 0. The standard InChI is InChI=1S/C14H9NO2/c16-13-11-8-4-5-9-12(11)14(17)15(13)10-6-2-1-3-7-10/h1-9H/p+1. The summed E-state index contributed by atoms with van der Waals surface area (Å²) in [5.41, 5.74) is 1.71. The number of quaternary nitrogens is 1. The molecule has 3 nitrogen and oxygen atoms in total. The predicted octanol–water partition coefficient (Wildman–Crippen LogP) is 1.20. The number of fused-ring (bicyclic) bond motifs is 1. The third-order valence-electron chi connectivity index (χ3n) is 2.93. The summed E-state index contributed by atoms with van der Waals surface area (Å²) in [6, 6.07) is 16.0. The van der Waals surface area contributed by atoms with E-state index in [2.05, 4.69) is 0 Å². The molecule has 3 heteroatoms. The van der Waals surface area contributed by atoms with Crippen LogP contribution in [0.25, 0.3) is 0 Å². The maximum Gasteiger partial charge on any atom is 0.357 e. The van der Waals surface area contributed by atoms with Gasteiger partial charge in [-0.1, -0.05) is 30.3 Å². The van der Waals surface area contributed by atoms with E-state index < -0.39 is 0 Å². The van der Waals surface area contributed by atoms with E-state index in [4.69, 9.17) is 0 Å². The van der Waals surface area contributed by atoms with Crippen molar-refractivity contribution in [3.8, 4) is 0 Å². The summed E-state index contributed by atoms with van der Waals surface area (Å²) in [6.45, 7) is 0. The Morgan fingerprint density at radius 2 is 1.12 bits per heavy atom. The van der Waals surface area contributed by atoms with Crippen molar-refractivity contribution in [2.45, 2.75) is 0 Å². The van der Waals surface area contributed by atoms with Crippen molar-refractivity contribution in [3.63, 3.8) is 0 Å². The molecule has 17 heavy (non-hydrogen) atoms. The lowest BCUT2D eigenvalue weighted by Gasteiger charge is -2.05. The van der Waals surface area contributed by atoms with Crippen LogP contribution in [0.2, 0.25) is 0 Å². The Kier molecular flexibility index (Phi) is 2.13. The molecule has 0 aliphatic carbocycles. The number of para-hydroxylation sites is 1. The zero-order valence-corrected chi connectivity index (χ0v) is 9.01. The van der Waals surface area contributed by atoms with Crippen molar-refractivity contribution in [2.75, 3.05) is 0 Å². The molecule has 0 bridgehead atoms. The van der Waals surface area contributed by atoms with Gasteiger partial charge in [-0.15, -0.1) is 0 Å². The Hall–Kier alpha value is -2.26. The first-order chi connectivity index (χ1) is 8.29. The highest BCUT2D eigenvalue weighted by molar-refractivity contribution is 6.12. The molecule has 2 amide bonds. The maximum absolute atomic E-state index is 12.1. The molecule has 1 N–H and O–H groups in total. The first-order valence-corrected chi connectivity index (χ1v) is 5.40. The van der Waals surface area contributed by atoms with Crippen LogP contribution in [0.5, 0.6) is 0 Å². The zero-order valence-electron chi connectivity index (χ0n) is 9.01. The highest BCUT2D eigenvalue weighted by Gasteiger charge is 2.42. The minimum atomic E-state index is -0.170. The van der Waals surface area contributed by atoms with E-state index in [1.165, 1.54) is 0 Å². The molecule has 0 unspecified atom stereocenters. The Bertz CT molecular complexity index is 570. The van der Waals surface area contributed by atoms with Crippen molar-refractivity contribution in [2.24, 2.45) is 0 Å². The zero-order chi connectivity index (χ0) is 11.8. The molecule has 1 aliphatic heterocycles. The smallest absolute Gasteiger partial charge is 0.225 e. The van der Waals surface area contributed by atoms with E-state index in [9.17, 15) is 9.59 Å². The van der Waals surface area contributed by atoms with E-state index in [1.807, 2.05) is 18.2 Å². The molecular formula is C14H10NO2+. The molecule has 0 saturated carbocycles. The second-order valence-corrected chi connectivity index (χ2v) is 3.94. The Labute approximate surface area is 98.3 Å². The summed E-state index contributed by atoms with van der Waals surface area (Å²) in [5, 5.41) is 0. The summed E-state index contributed by atoms with van der Waals surface area (Å²) in [6.07, 6.45) is 0. The minimum absolute atomic E-state index is 0.170. The highest BCUT2D eigenvalue weighted by Crippen LogP contribution is 2.14. The van der Waals surface area contributed by atoms with Crippen LogP contribution >= 0.6 is 0 Å². The first-order valence-electron chi connectivity index (χ1n) is 5.40. The number of imide groups is 1. The van der Waals surface area contributed by atoms with Gasteiger partial charge in [-0.2, -0.15) is 4.90 Å². The number of rotatable bonds is 1. The van der Waals surface area contributed by atoms with Crippen LogP contribution in [0.1, 0.15) is 20.7 Å². The summed E-state index contributed by atoms with van der Waals surface area (Å²) in [5.74, 6) is -0.339. The van der Waals surface area contributed by atoms with Gasteiger partial charge in [0.15, 0.2) is 0 Å². The molecule has 0 atom stereocenters. The maximum atomic E-state index is 12.1. The predicted molar refractivity (Wildman–Crippen MR) is 62.2 cm³/mol. The van der Waals surface area contributed by atoms with E-state index >= 15 is 0 Å². The fraction of sp³-hybridized carbons (Fsp3) is 0. The molecule has 0 fully saturated rings. The van der Waals surface area contributed by atoms with Crippen LogP contribution in [0.15, 0.2) is 54.6 Å². The molecule has 0 saturated heterocycles. The number of benzene rings is 2. The number of carbonyl (C=O) groups is 2. The monoisotopic (exact) mass is 224 g/mol. The van der Waals surface area contributed by atoms with Gasteiger partial charge >= 0.3 is 11.8 Å². The molecular weight excluding hydrogens is 214 g/mol. The van der Waals surface area contributed by atoms with E-state index in [-0.39, 0.29) is 16.7 Å². The van der Waals surface area contributed by atoms with Crippen molar-refractivity contribution in [3.05, 3.63) is 65.7 Å². The van der Waals surface area contributed by atoms with Crippen LogP contribution in [-0.2, 0) is 0 Å². The number of carbonyl (C=O) groups excluding carboxylic acids is 2. The molecule has 0 aromatic heterocycles. The third-order valence-corrected chi connectivity index (χ3v) is 2.93. The summed E-state index contributed by atoms with van der Waals surface area (Å²) in [7, 11) is 0.